The van der Waals surface area contributed by atoms with Crippen LogP contribution in [-0.2, 0) is 11.3 Å². The average molecular weight is 425 g/mol. The monoisotopic (exact) mass is 424 g/mol. The number of hydrogen-bond donors (Lipinski definition) is 2. The molecule has 3 aromatic carbocycles. The number of aromatic nitrogens is 1. The molecule has 4 aromatic rings. The molecule has 0 saturated carbocycles. The lowest BCUT2D eigenvalue weighted by molar-refractivity contribution is -0.119. The van der Waals surface area contributed by atoms with Gasteiger partial charge in [-0.05, 0) is 48.2 Å². The van der Waals surface area contributed by atoms with E-state index in [9.17, 15) is 9.59 Å². The van der Waals surface area contributed by atoms with Crippen molar-refractivity contribution >= 4 is 34.1 Å². The summed E-state index contributed by atoms with van der Waals surface area (Å²) in [6.45, 7) is 2.31. The molecule has 32 heavy (non-hydrogen) atoms. The third-order valence-electron chi connectivity index (χ3n) is 5.27. The van der Waals surface area contributed by atoms with E-state index in [0.29, 0.717) is 29.0 Å². The first-order valence-corrected chi connectivity index (χ1v) is 10.3. The lowest BCUT2D eigenvalue weighted by Gasteiger charge is -2.23. The van der Waals surface area contributed by atoms with Crippen LogP contribution in [0.1, 0.15) is 21.5 Å². The number of aryl methyl sites for hydroxylation is 1. The van der Waals surface area contributed by atoms with Gasteiger partial charge in [0.05, 0.1) is 0 Å². The fraction of sp³-hybridized carbons (Fsp3) is 0.115. The molecule has 0 unspecified atom stereocenters. The van der Waals surface area contributed by atoms with Crippen molar-refractivity contribution in [3.05, 3.63) is 102 Å². The number of amides is 2. The van der Waals surface area contributed by atoms with Crippen LogP contribution >= 0.6 is 0 Å². The summed E-state index contributed by atoms with van der Waals surface area (Å²) in [6.07, 6.45) is 1.63. The van der Waals surface area contributed by atoms with E-state index in [1.807, 2.05) is 73.7 Å². The maximum Gasteiger partial charge on any atom is 0.258 e. The van der Waals surface area contributed by atoms with Crippen LogP contribution in [0.15, 0.2) is 85.1 Å². The first-order chi connectivity index (χ1) is 15.5. The molecule has 0 bridgehead atoms. The van der Waals surface area contributed by atoms with E-state index in [2.05, 4.69) is 10.3 Å². The molecule has 1 heterocycles. The molecule has 4 rings (SSSR count). The Morgan fingerprint density at radius 2 is 1.72 bits per heavy atom. The summed E-state index contributed by atoms with van der Waals surface area (Å²) in [5, 5.41) is 4.50. The highest BCUT2D eigenvalue weighted by Crippen LogP contribution is 2.23. The van der Waals surface area contributed by atoms with Crippen LogP contribution in [0, 0.1) is 6.92 Å². The Balaban J connectivity index is 1.56. The molecule has 0 saturated heterocycles. The Labute approximate surface area is 186 Å². The van der Waals surface area contributed by atoms with Gasteiger partial charge in [-0.1, -0.05) is 54.1 Å². The number of carbonyl (C=O) groups is 2. The highest BCUT2D eigenvalue weighted by atomic mass is 16.2. The quantitative estimate of drug-likeness (QED) is 0.488. The molecule has 6 nitrogen and oxygen atoms in total. The molecule has 6 heteroatoms. The van der Waals surface area contributed by atoms with Crippen LogP contribution in [0.2, 0.25) is 0 Å². The number of nitrogens with zero attached hydrogens (tertiary/aromatic N) is 2. The summed E-state index contributed by atoms with van der Waals surface area (Å²) < 4.78 is 0. The van der Waals surface area contributed by atoms with Gasteiger partial charge in [0.2, 0.25) is 5.91 Å². The van der Waals surface area contributed by atoms with Crippen molar-refractivity contribution in [2.75, 3.05) is 17.2 Å². The first kappa shape index (κ1) is 21.1. The number of pyridine rings is 1. The van der Waals surface area contributed by atoms with E-state index in [0.717, 1.165) is 16.5 Å². The molecule has 0 radical (unpaired) electrons. The van der Waals surface area contributed by atoms with E-state index in [1.165, 1.54) is 4.90 Å². The van der Waals surface area contributed by atoms with Gasteiger partial charge in [0.25, 0.3) is 5.91 Å². The average Bonchev–Trinajstić information content (AvgIpc) is 2.82. The molecule has 0 fully saturated rings. The Morgan fingerprint density at radius 1 is 0.969 bits per heavy atom. The standard InChI is InChI=1S/C26H24N4O2/c1-18-7-9-19(10-8-18)16-29-24(31)17-30(22-5-3-2-4-6-22)26(32)21-12-11-20-13-14-28-25(27)23(20)15-21/h2-15H,16-17H2,1H3,(H2,27,28)(H,29,31). The maximum atomic E-state index is 13.4. The molecule has 0 spiro atoms. The number of fused-ring (bicyclic) bond motifs is 1. The number of para-hydroxylation sites is 1. The SMILES string of the molecule is Cc1ccc(CNC(=O)CN(C(=O)c2ccc3ccnc(N)c3c2)c2ccccc2)cc1. The smallest absolute Gasteiger partial charge is 0.258 e. The lowest BCUT2D eigenvalue weighted by Crippen LogP contribution is -2.40. The fourth-order valence-corrected chi connectivity index (χ4v) is 3.47. The molecule has 2 amide bonds. The minimum Gasteiger partial charge on any atom is -0.383 e. The second-order valence-corrected chi connectivity index (χ2v) is 7.62. The van der Waals surface area contributed by atoms with Crippen molar-refractivity contribution in [3.8, 4) is 0 Å². The van der Waals surface area contributed by atoms with Gasteiger partial charge in [-0.25, -0.2) is 4.98 Å². The predicted octanol–water partition coefficient (Wildman–Crippen LogP) is 4.09. The van der Waals surface area contributed by atoms with Crippen molar-refractivity contribution in [3.63, 3.8) is 0 Å². The first-order valence-electron chi connectivity index (χ1n) is 10.3. The highest BCUT2D eigenvalue weighted by Gasteiger charge is 2.21. The van der Waals surface area contributed by atoms with Crippen molar-refractivity contribution in [2.24, 2.45) is 0 Å². The summed E-state index contributed by atoms with van der Waals surface area (Å²) in [7, 11) is 0. The van der Waals surface area contributed by atoms with E-state index in [-0.39, 0.29) is 18.4 Å². The summed E-state index contributed by atoms with van der Waals surface area (Å²) in [4.78, 5) is 31.7. The van der Waals surface area contributed by atoms with Crippen LogP contribution in [0.4, 0.5) is 11.5 Å². The van der Waals surface area contributed by atoms with Crippen molar-refractivity contribution in [2.45, 2.75) is 13.5 Å². The Bertz CT molecular complexity index is 1250. The molecular formula is C26H24N4O2. The Morgan fingerprint density at radius 3 is 2.47 bits per heavy atom. The molecular weight excluding hydrogens is 400 g/mol. The van der Waals surface area contributed by atoms with Gasteiger partial charge >= 0.3 is 0 Å². The zero-order chi connectivity index (χ0) is 22.5. The van der Waals surface area contributed by atoms with Gasteiger partial charge in [0.15, 0.2) is 0 Å². The van der Waals surface area contributed by atoms with Crippen molar-refractivity contribution in [1.29, 1.82) is 0 Å². The van der Waals surface area contributed by atoms with E-state index >= 15 is 0 Å². The van der Waals surface area contributed by atoms with Gasteiger partial charge in [-0.15, -0.1) is 0 Å². The van der Waals surface area contributed by atoms with E-state index in [1.54, 1.807) is 18.3 Å². The normalized spacial score (nSPS) is 10.7. The van der Waals surface area contributed by atoms with Gasteiger partial charge in [-0.3, -0.25) is 14.5 Å². The largest absolute Gasteiger partial charge is 0.383 e. The molecule has 0 aliphatic carbocycles. The zero-order valence-electron chi connectivity index (χ0n) is 17.8. The van der Waals surface area contributed by atoms with Crippen LogP contribution in [0.5, 0.6) is 0 Å². The topological polar surface area (TPSA) is 88.3 Å². The van der Waals surface area contributed by atoms with Gasteiger partial charge in [0, 0.05) is 29.4 Å². The van der Waals surface area contributed by atoms with Crippen molar-refractivity contribution in [1.82, 2.24) is 10.3 Å². The number of rotatable bonds is 6. The predicted molar refractivity (Wildman–Crippen MR) is 127 cm³/mol. The number of hydrogen-bond acceptors (Lipinski definition) is 4. The zero-order valence-corrected chi connectivity index (χ0v) is 17.8. The van der Waals surface area contributed by atoms with Crippen LogP contribution in [0.25, 0.3) is 10.8 Å². The van der Waals surface area contributed by atoms with Crippen LogP contribution in [0.3, 0.4) is 0 Å². The Kier molecular flexibility index (Phi) is 6.12. The summed E-state index contributed by atoms with van der Waals surface area (Å²) in [5.41, 5.74) is 9.23. The van der Waals surface area contributed by atoms with Gasteiger partial charge in [0.1, 0.15) is 12.4 Å². The number of nitrogens with one attached hydrogen (secondary N) is 1. The van der Waals surface area contributed by atoms with Crippen LogP contribution in [-0.4, -0.2) is 23.3 Å². The summed E-state index contributed by atoms with van der Waals surface area (Å²) in [6, 6.07) is 24.2. The number of benzene rings is 3. The lowest BCUT2D eigenvalue weighted by atomic mass is 10.1. The molecule has 160 valence electrons. The van der Waals surface area contributed by atoms with Crippen molar-refractivity contribution < 1.29 is 9.59 Å². The minimum atomic E-state index is -0.285. The maximum absolute atomic E-state index is 13.4. The fourth-order valence-electron chi connectivity index (χ4n) is 3.47. The molecule has 0 aliphatic rings. The second-order valence-electron chi connectivity index (χ2n) is 7.62. The number of nitrogens with two attached hydrogens (primary N) is 1. The van der Waals surface area contributed by atoms with Gasteiger partial charge in [-0.2, -0.15) is 0 Å². The second kappa shape index (κ2) is 9.31. The molecule has 1 aromatic heterocycles. The highest BCUT2D eigenvalue weighted by molar-refractivity contribution is 6.10. The third kappa shape index (κ3) is 4.75. The minimum absolute atomic E-state index is 0.102. The van der Waals surface area contributed by atoms with E-state index in [4.69, 9.17) is 5.73 Å². The number of carbonyl (C=O) groups excluding carboxylic acids is 2. The summed E-state index contributed by atoms with van der Waals surface area (Å²) in [5.74, 6) is -0.171. The third-order valence-corrected chi connectivity index (χ3v) is 5.27. The molecule has 3 N–H and O–H groups in total. The summed E-state index contributed by atoms with van der Waals surface area (Å²) >= 11 is 0. The van der Waals surface area contributed by atoms with Crippen LogP contribution < -0.4 is 16.0 Å². The van der Waals surface area contributed by atoms with E-state index < -0.39 is 0 Å². The number of nitrogen functional groups attached to an aromatic ring is 1. The number of anilines is 2. The molecule has 0 atom stereocenters. The van der Waals surface area contributed by atoms with Gasteiger partial charge < -0.3 is 11.1 Å². The molecule has 0 aliphatic heterocycles. The Hall–Kier alpha value is -4.19.